The van der Waals surface area contributed by atoms with E-state index in [1.165, 1.54) is 42.6 Å². The fourth-order valence-corrected chi connectivity index (χ4v) is 5.54. The van der Waals surface area contributed by atoms with Crippen molar-refractivity contribution in [2.45, 2.75) is 57.9 Å². The van der Waals surface area contributed by atoms with Gasteiger partial charge in [-0.3, -0.25) is 9.69 Å². The van der Waals surface area contributed by atoms with E-state index in [0.717, 1.165) is 56.3 Å². The number of thiophene rings is 1. The van der Waals surface area contributed by atoms with Crippen LogP contribution >= 0.6 is 11.3 Å². The van der Waals surface area contributed by atoms with Gasteiger partial charge in [-0.1, -0.05) is 44.4 Å². The van der Waals surface area contributed by atoms with Gasteiger partial charge in [0.05, 0.1) is 19.3 Å². The quantitative estimate of drug-likeness (QED) is 0.276. The summed E-state index contributed by atoms with van der Waals surface area (Å²) in [6.07, 6.45) is 11.6. The minimum atomic E-state index is -0.277. The molecule has 2 fully saturated rings. The summed E-state index contributed by atoms with van der Waals surface area (Å²) in [5.74, 6) is -0.114. The third kappa shape index (κ3) is 7.51. The lowest BCUT2D eigenvalue weighted by molar-refractivity contribution is -0.117. The Labute approximate surface area is 218 Å². The molecule has 0 N–H and O–H groups in total. The molecule has 0 saturated carbocycles. The predicted octanol–water partition coefficient (Wildman–Crippen LogP) is 5.57. The van der Waals surface area contributed by atoms with Crippen molar-refractivity contribution in [3.63, 3.8) is 0 Å². The summed E-state index contributed by atoms with van der Waals surface area (Å²) >= 11 is 1.42. The number of unbranched alkanes of at least 4 members (excludes halogenated alkanes) is 3. The Kier molecular flexibility index (Phi) is 10.1. The van der Waals surface area contributed by atoms with Gasteiger partial charge in [0.25, 0.3) is 0 Å². The zero-order valence-electron chi connectivity index (χ0n) is 21.3. The first-order valence-electron chi connectivity index (χ1n) is 13.3. The highest BCUT2D eigenvalue weighted by molar-refractivity contribution is 7.14. The molecule has 6 nitrogen and oxygen atoms in total. The number of rotatable bonds is 12. The maximum atomic E-state index is 12.7. The number of nitrogens with zero attached hydrogens (tertiary/aromatic N) is 2. The standard InChI is InChI=1S/C29H38N2O4S/c1-2-3-4-5-6-23-7-9-24(10-8-23)31-25(12-16-28(31)32)11-13-26-14-15-27(36-26)29(33)35-22-19-30-17-20-34-21-18-30/h7-11,13-15,25H,2-6,12,16-22H2,1H3/t25-/m0/s1. The van der Waals surface area contributed by atoms with Crippen molar-refractivity contribution in [1.29, 1.82) is 0 Å². The van der Waals surface area contributed by atoms with Crippen LogP contribution in [-0.4, -0.2) is 62.3 Å². The van der Waals surface area contributed by atoms with Crippen LogP contribution in [0.4, 0.5) is 5.69 Å². The lowest BCUT2D eigenvalue weighted by atomic mass is 10.1. The fourth-order valence-electron chi connectivity index (χ4n) is 4.72. The van der Waals surface area contributed by atoms with E-state index in [1.54, 1.807) is 0 Å². The number of benzene rings is 1. The molecule has 1 atom stereocenters. The van der Waals surface area contributed by atoms with Gasteiger partial charge in [-0.2, -0.15) is 0 Å². The van der Waals surface area contributed by atoms with Crippen LogP contribution in [0.5, 0.6) is 0 Å². The van der Waals surface area contributed by atoms with E-state index in [-0.39, 0.29) is 17.9 Å². The summed E-state index contributed by atoms with van der Waals surface area (Å²) in [6.45, 7) is 6.60. The Morgan fingerprint density at radius 2 is 1.92 bits per heavy atom. The summed E-state index contributed by atoms with van der Waals surface area (Å²) < 4.78 is 10.8. The summed E-state index contributed by atoms with van der Waals surface area (Å²) in [6, 6.07) is 12.3. The van der Waals surface area contributed by atoms with Gasteiger partial charge >= 0.3 is 5.97 Å². The van der Waals surface area contributed by atoms with Gasteiger partial charge < -0.3 is 14.4 Å². The average molecular weight is 511 g/mol. The van der Waals surface area contributed by atoms with Crippen molar-refractivity contribution >= 4 is 35.0 Å². The van der Waals surface area contributed by atoms with Crippen molar-refractivity contribution in [3.05, 3.63) is 57.8 Å². The molecule has 0 radical (unpaired) electrons. The second-order valence-corrected chi connectivity index (χ2v) is 10.6. The van der Waals surface area contributed by atoms with E-state index in [4.69, 9.17) is 9.47 Å². The second-order valence-electron chi connectivity index (χ2n) is 9.50. The highest BCUT2D eigenvalue weighted by Crippen LogP contribution is 2.29. The molecule has 0 bridgehead atoms. The molecule has 2 saturated heterocycles. The molecule has 1 aromatic heterocycles. The van der Waals surface area contributed by atoms with E-state index in [1.807, 2.05) is 23.1 Å². The van der Waals surface area contributed by atoms with Crippen molar-refractivity contribution in [3.8, 4) is 0 Å². The molecule has 2 aliphatic heterocycles. The fraction of sp³-hybridized carbons (Fsp3) is 0.517. The van der Waals surface area contributed by atoms with E-state index < -0.39 is 0 Å². The third-order valence-corrected chi connectivity index (χ3v) is 7.87. The molecule has 7 heteroatoms. The number of hydrogen-bond donors (Lipinski definition) is 0. The molecule has 2 aliphatic rings. The highest BCUT2D eigenvalue weighted by Gasteiger charge is 2.30. The molecule has 2 aromatic rings. The monoisotopic (exact) mass is 510 g/mol. The van der Waals surface area contributed by atoms with Crippen molar-refractivity contribution in [2.75, 3.05) is 44.4 Å². The molecule has 1 aromatic carbocycles. The van der Waals surface area contributed by atoms with Crippen LogP contribution < -0.4 is 4.90 Å². The molecule has 4 rings (SSSR count). The Morgan fingerprint density at radius 1 is 1.11 bits per heavy atom. The zero-order valence-corrected chi connectivity index (χ0v) is 22.1. The Hall–Kier alpha value is -2.48. The Balaban J connectivity index is 1.29. The number of carbonyl (C=O) groups is 2. The van der Waals surface area contributed by atoms with Crippen LogP contribution in [-0.2, 0) is 20.7 Å². The Bertz CT molecular complexity index is 1010. The third-order valence-electron chi connectivity index (χ3n) is 6.84. The van der Waals surface area contributed by atoms with Gasteiger partial charge in [-0.15, -0.1) is 11.3 Å². The Morgan fingerprint density at radius 3 is 2.69 bits per heavy atom. The number of aryl methyl sites for hydroxylation is 1. The van der Waals surface area contributed by atoms with Gasteiger partial charge in [0.15, 0.2) is 0 Å². The van der Waals surface area contributed by atoms with Crippen molar-refractivity contribution in [1.82, 2.24) is 4.90 Å². The SMILES string of the molecule is CCCCCCc1ccc(N2C(=O)CC[C@@H]2C=Cc2ccc(C(=O)OCCN3CCOCC3)s2)cc1. The summed E-state index contributed by atoms with van der Waals surface area (Å²) in [4.78, 5) is 30.8. The topological polar surface area (TPSA) is 59.1 Å². The number of hydrogen-bond acceptors (Lipinski definition) is 6. The van der Waals surface area contributed by atoms with Gasteiger partial charge in [-0.25, -0.2) is 4.79 Å². The molecule has 3 heterocycles. The van der Waals surface area contributed by atoms with E-state index in [0.29, 0.717) is 17.9 Å². The maximum absolute atomic E-state index is 12.7. The van der Waals surface area contributed by atoms with Crippen LogP contribution in [0.1, 0.15) is 65.6 Å². The average Bonchev–Trinajstić information content (AvgIpc) is 3.53. The normalized spacial score (nSPS) is 18.9. The molecular weight excluding hydrogens is 472 g/mol. The summed E-state index contributed by atoms with van der Waals surface area (Å²) in [5.41, 5.74) is 2.29. The summed E-state index contributed by atoms with van der Waals surface area (Å²) in [5, 5.41) is 0. The first-order valence-corrected chi connectivity index (χ1v) is 14.1. The van der Waals surface area contributed by atoms with E-state index in [2.05, 4.69) is 42.2 Å². The number of morpholine rings is 1. The van der Waals surface area contributed by atoms with Gasteiger partial charge in [0, 0.05) is 36.6 Å². The minimum Gasteiger partial charge on any atom is -0.460 e. The van der Waals surface area contributed by atoms with Crippen LogP contribution in [0.25, 0.3) is 6.08 Å². The highest BCUT2D eigenvalue weighted by atomic mass is 32.1. The number of amides is 1. The van der Waals surface area contributed by atoms with E-state index >= 15 is 0 Å². The van der Waals surface area contributed by atoms with Crippen molar-refractivity contribution in [2.24, 2.45) is 0 Å². The molecule has 0 spiro atoms. The number of carbonyl (C=O) groups excluding carboxylic acids is 2. The van der Waals surface area contributed by atoms with Crippen LogP contribution in [0.2, 0.25) is 0 Å². The van der Waals surface area contributed by atoms with Gasteiger partial charge in [-0.05, 0) is 55.2 Å². The van der Waals surface area contributed by atoms with Crippen LogP contribution in [0, 0.1) is 0 Å². The maximum Gasteiger partial charge on any atom is 0.348 e. The molecule has 0 unspecified atom stereocenters. The van der Waals surface area contributed by atoms with Crippen LogP contribution in [0.3, 0.4) is 0 Å². The minimum absolute atomic E-state index is 0.0268. The number of esters is 1. The van der Waals surface area contributed by atoms with Gasteiger partial charge in [0.2, 0.25) is 5.91 Å². The molecule has 1 amide bonds. The smallest absolute Gasteiger partial charge is 0.348 e. The van der Waals surface area contributed by atoms with Crippen molar-refractivity contribution < 1.29 is 19.1 Å². The lowest BCUT2D eigenvalue weighted by Crippen LogP contribution is -2.38. The molecule has 0 aliphatic carbocycles. The molecular formula is C29H38N2O4S. The molecule has 194 valence electrons. The van der Waals surface area contributed by atoms with E-state index in [9.17, 15) is 9.59 Å². The van der Waals surface area contributed by atoms with Gasteiger partial charge in [0.1, 0.15) is 11.5 Å². The predicted molar refractivity (Wildman–Crippen MR) is 146 cm³/mol. The first kappa shape index (κ1) is 26.6. The summed E-state index contributed by atoms with van der Waals surface area (Å²) in [7, 11) is 0. The number of ether oxygens (including phenoxy) is 2. The largest absolute Gasteiger partial charge is 0.460 e. The first-order chi connectivity index (χ1) is 17.6. The number of anilines is 1. The van der Waals surface area contributed by atoms with Crippen LogP contribution in [0.15, 0.2) is 42.5 Å². The zero-order chi connectivity index (χ0) is 25.2. The second kappa shape index (κ2) is 13.7. The lowest BCUT2D eigenvalue weighted by Gasteiger charge is -2.26. The molecule has 36 heavy (non-hydrogen) atoms.